The predicted molar refractivity (Wildman–Crippen MR) is 95.1 cm³/mol. The van der Waals surface area contributed by atoms with Crippen LogP contribution in [-0.2, 0) is 9.47 Å². The van der Waals surface area contributed by atoms with Crippen molar-refractivity contribution in [3.05, 3.63) is 35.1 Å². The van der Waals surface area contributed by atoms with Gasteiger partial charge in [-0.3, -0.25) is 0 Å². The number of halogens is 1. The quantitative estimate of drug-likeness (QED) is 0.439. The Labute approximate surface area is 149 Å². The summed E-state index contributed by atoms with van der Waals surface area (Å²) in [5, 5.41) is 0. The molecule has 0 aliphatic rings. The van der Waals surface area contributed by atoms with Crippen molar-refractivity contribution in [3.8, 4) is 0 Å². The lowest BCUT2D eigenvalue weighted by Crippen LogP contribution is -2.15. The Morgan fingerprint density at radius 3 is 1.84 bits per heavy atom. The summed E-state index contributed by atoms with van der Waals surface area (Å²) in [5.74, 6) is -0.870. The molecule has 0 heterocycles. The Kier molecular flexibility index (Phi) is 9.17. The number of esters is 2. The first-order valence-electron chi connectivity index (χ1n) is 8.95. The Morgan fingerprint density at radius 1 is 0.880 bits per heavy atom. The van der Waals surface area contributed by atoms with Gasteiger partial charge in [0.05, 0.1) is 24.3 Å². The van der Waals surface area contributed by atoms with Gasteiger partial charge in [-0.15, -0.1) is 0 Å². The van der Waals surface area contributed by atoms with Crippen LogP contribution in [0, 0.1) is 17.7 Å². The van der Waals surface area contributed by atoms with E-state index in [1.165, 1.54) is 6.07 Å². The van der Waals surface area contributed by atoms with E-state index in [1.54, 1.807) is 0 Å². The van der Waals surface area contributed by atoms with Gasteiger partial charge in [-0.05, 0) is 55.7 Å². The minimum Gasteiger partial charge on any atom is -0.462 e. The van der Waals surface area contributed by atoms with Crippen LogP contribution < -0.4 is 0 Å². The van der Waals surface area contributed by atoms with E-state index in [4.69, 9.17) is 9.47 Å². The van der Waals surface area contributed by atoms with Gasteiger partial charge in [0.15, 0.2) is 0 Å². The summed E-state index contributed by atoms with van der Waals surface area (Å²) in [6.07, 6.45) is 3.36. The molecule has 0 fully saturated rings. The van der Waals surface area contributed by atoms with E-state index in [1.807, 2.05) is 0 Å². The lowest BCUT2D eigenvalue weighted by atomic mass is 10.1. The van der Waals surface area contributed by atoms with Gasteiger partial charge in [-0.2, -0.15) is 0 Å². The number of benzene rings is 1. The van der Waals surface area contributed by atoms with Crippen molar-refractivity contribution in [2.75, 3.05) is 13.2 Å². The largest absolute Gasteiger partial charge is 0.462 e. The van der Waals surface area contributed by atoms with Crippen molar-refractivity contribution in [3.63, 3.8) is 0 Å². The first-order chi connectivity index (χ1) is 11.8. The molecule has 1 aromatic rings. The molecule has 140 valence electrons. The van der Waals surface area contributed by atoms with Gasteiger partial charge in [0.1, 0.15) is 5.82 Å². The molecule has 0 aromatic heterocycles. The van der Waals surface area contributed by atoms with Crippen LogP contribution in [0.2, 0.25) is 0 Å². The third-order valence-electron chi connectivity index (χ3n) is 3.74. The Morgan fingerprint density at radius 2 is 1.36 bits per heavy atom. The molecule has 0 N–H and O–H groups in total. The molecule has 0 aliphatic carbocycles. The maximum Gasteiger partial charge on any atom is 0.339 e. The molecule has 1 aromatic carbocycles. The summed E-state index contributed by atoms with van der Waals surface area (Å²) >= 11 is 0. The first-order valence-corrected chi connectivity index (χ1v) is 8.95. The number of carbonyl (C=O) groups excluding carboxylic acids is 2. The van der Waals surface area contributed by atoms with Gasteiger partial charge in [-0.1, -0.05) is 27.7 Å². The SMILES string of the molecule is CC(C)CCCOC(=O)c1ccc(F)cc1C(=O)OCCCC(C)C. The zero-order valence-electron chi connectivity index (χ0n) is 15.6. The highest BCUT2D eigenvalue weighted by atomic mass is 19.1. The Bertz CT molecular complexity index is 567. The minimum absolute atomic E-state index is 0.0415. The predicted octanol–water partition coefficient (Wildman–Crippen LogP) is 5.01. The highest BCUT2D eigenvalue weighted by molar-refractivity contribution is 6.03. The van der Waals surface area contributed by atoms with Crippen molar-refractivity contribution in [1.82, 2.24) is 0 Å². The molecule has 0 saturated carbocycles. The molecule has 0 saturated heterocycles. The zero-order valence-corrected chi connectivity index (χ0v) is 15.6. The molecule has 0 spiro atoms. The van der Waals surface area contributed by atoms with Gasteiger partial charge in [0.25, 0.3) is 0 Å². The van der Waals surface area contributed by atoms with Crippen LogP contribution in [0.15, 0.2) is 18.2 Å². The summed E-state index contributed by atoms with van der Waals surface area (Å²) in [6.45, 7) is 8.88. The monoisotopic (exact) mass is 352 g/mol. The zero-order chi connectivity index (χ0) is 18.8. The topological polar surface area (TPSA) is 52.6 Å². The van der Waals surface area contributed by atoms with E-state index < -0.39 is 17.8 Å². The highest BCUT2D eigenvalue weighted by Gasteiger charge is 2.20. The van der Waals surface area contributed by atoms with Gasteiger partial charge in [0, 0.05) is 0 Å². The van der Waals surface area contributed by atoms with Gasteiger partial charge < -0.3 is 9.47 Å². The number of rotatable bonds is 10. The maximum atomic E-state index is 13.5. The second kappa shape index (κ2) is 10.9. The van der Waals surface area contributed by atoms with Gasteiger partial charge in [0.2, 0.25) is 0 Å². The molecule has 25 heavy (non-hydrogen) atoms. The van der Waals surface area contributed by atoms with E-state index in [0.29, 0.717) is 11.8 Å². The molecule has 1 rings (SSSR count). The minimum atomic E-state index is -0.697. The van der Waals surface area contributed by atoms with Crippen molar-refractivity contribution in [2.45, 2.75) is 53.4 Å². The molecular weight excluding hydrogens is 323 g/mol. The van der Waals surface area contributed by atoms with Gasteiger partial charge >= 0.3 is 11.9 Å². The fraction of sp³-hybridized carbons (Fsp3) is 0.600. The molecule has 0 radical (unpaired) electrons. The van der Waals surface area contributed by atoms with Crippen molar-refractivity contribution >= 4 is 11.9 Å². The number of ether oxygens (including phenoxy) is 2. The van der Waals surface area contributed by atoms with Gasteiger partial charge in [-0.25, -0.2) is 14.0 Å². The van der Waals surface area contributed by atoms with Crippen LogP contribution in [0.4, 0.5) is 4.39 Å². The van der Waals surface area contributed by atoms with Crippen LogP contribution in [0.1, 0.15) is 74.1 Å². The summed E-state index contributed by atoms with van der Waals surface area (Å²) in [4.78, 5) is 24.4. The number of hydrogen-bond acceptors (Lipinski definition) is 4. The van der Waals surface area contributed by atoms with E-state index in [2.05, 4.69) is 27.7 Å². The second-order valence-electron chi connectivity index (χ2n) is 7.03. The van der Waals surface area contributed by atoms with Crippen LogP contribution in [0.5, 0.6) is 0 Å². The van der Waals surface area contributed by atoms with Crippen molar-refractivity contribution in [2.24, 2.45) is 11.8 Å². The summed E-state index contributed by atoms with van der Waals surface area (Å²) in [7, 11) is 0. The molecular formula is C20H29FO4. The smallest absolute Gasteiger partial charge is 0.339 e. The average molecular weight is 352 g/mol. The van der Waals surface area contributed by atoms with E-state index in [9.17, 15) is 14.0 Å². The Balaban J connectivity index is 2.67. The first kappa shape index (κ1) is 21.1. The summed E-state index contributed by atoms with van der Waals surface area (Å²) in [6, 6.07) is 3.43. The van der Waals surface area contributed by atoms with E-state index in [-0.39, 0.29) is 24.3 Å². The third kappa shape index (κ3) is 8.14. The lowest BCUT2D eigenvalue weighted by molar-refractivity contribution is 0.0447. The van der Waals surface area contributed by atoms with E-state index >= 15 is 0 Å². The van der Waals surface area contributed by atoms with Crippen molar-refractivity contribution < 1.29 is 23.5 Å². The van der Waals surface area contributed by atoms with Crippen LogP contribution >= 0.6 is 0 Å². The molecule has 0 aliphatic heterocycles. The standard InChI is InChI=1S/C20H29FO4/c1-14(2)7-5-11-24-19(22)17-10-9-16(21)13-18(17)20(23)25-12-6-8-15(3)4/h9-10,13-15H,5-8,11-12H2,1-4H3. The molecule has 4 nitrogen and oxygen atoms in total. The fourth-order valence-electron chi connectivity index (χ4n) is 2.33. The summed E-state index contributed by atoms with van der Waals surface area (Å²) < 4.78 is 23.9. The molecule has 0 atom stereocenters. The average Bonchev–Trinajstić information content (AvgIpc) is 2.54. The molecule has 0 unspecified atom stereocenters. The highest BCUT2D eigenvalue weighted by Crippen LogP contribution is 2.16. The molecule has 0 amide bonds. The third-order valence-corrected chi connectivity index (χ3v) is 3.74. The maximum absolute atomic E-state index is 13.5. The number of hydrogen-bond donors (Lipinski definition) is 0. The molecule has 5 heteroatoms. The van der Waals surface area contributed by atoms with Crippen LogP contribution in [0.3, 0.4) is 0 Å². The van der Waals surface area contributed by atoms with Crippen LogP contribution in [0.25, 0.3) is 0 Å². The second-order valence-corrected chi connectivity index (χ2v) is 7.03. The summed E-state index contributed by atoms with van der Waals surface area (Å²) in [5.41, 5.74) is -0.0433. The number of carbonyl (C=O) groups is 2. The fourth-order valence-corrected chi connectivity index (χ4v) is 2.33. The van der Waals surface area contributed by atoms with Crippen LogP contribution in [-0.4, -0.2) is 25.2 Å². The van der Waals surface area contributed by atoms with Crippen molar-refractivity contribution in [1.29, 1.82) is 0 Å². The molecule has 0 bridgehead atoms. The normalized spacial score (nSPS) is 11.0. The van der Waals surface area contributed by atoms with E-state index in [0.717, 1.165) is 37.8 Å². The Hall–Kier alpha value is -1.91. The lowest BCUT2D eigenvalue weighted by Gasteiger charge is -2.11.